The predicted molar refractivity (Wildman–Crippen MR) is 138 cm³/mol. The van der Waals surface area contributed by atoms with Gasteiger partial charge in [-0.15, -0.1) is 0 Å². The summed E-state index contributed by atoms with van der Waals surface area (Å²) in [5.41, 5.74) is 12.1. The summed E-state index contributed by atoms with van der Waals surface area (Å²) in [5.74, 6) is 0. The lowest BCUT2D eigenvalue weighted by Gasteiger charge is -2.35. The molecule has 6 nitrogen and oxygen atoms in total. The van der Waals surface area contributed by atoms with Crippen LogP contribution in [0.1, 0.15) is 48.7 Å². The predicted octanol–water partition coefficient (Wildman–Crippen LogP) is 4.85. The Hall–Kier alpha value is -2.80. The topological polar surface area (TPSA) is 69.2 Å². The number of fused-ring (bicyclic) bond motifs is 4. The van der Waals surface area contributed by atoms with Crippen molar-refractivity contribution >= 4 is 21.8 Å². The van der Waals surface area contributed by atoms with Crippen LogP contribution in [0.3, 0.4) is 0 Å². The average molecular weight is 458 g/mol. The number of rotatable bonds is 10. The van der Waals surface area contributed by atoms with Gasteiger partial charge in [0.05, 0.1) is 29.6 Å². The summed E-state index contributed by atoms with van der Waals surface area (Å²) in [7, 11) is 1.76. The smallest absolute Gasteiger partial charge is 0.0787 e. The van der Waals surface area contributed by atoms with Gasteiger partial charge < -0.3 is 15.0 Å². The molecule has 5 rings (SSSR count). The van der Waals surface area contributed by atoms with Crippen molar-refractivity contribution in [1.82, 2.24) is 19.4 Å². The van der Waals surface area contributed by atoms with Gasteiger partial charge in [0.15, 0.2) is 0 Å². The Morgan fingerprint density at radius 2 is 1.97 bits per heavy atom. The molecule has 1 aliphatic rings. The zero-order valence-electron chi connectivity index (χ0n) is 20.1. The molecule has 4 aromatic rings. The number of ether oxygens (including phenoxy) is 1. The number of hydrogen-bond donors (Lipinski definition) is 1. The van der Waals surface area contributed by atoms with Crippen molar-refractivity contribution in [3.8, 4) is 0 Å². The van der Waals surface area contributed by atoms with Gasteiger partial charge in [-0.05, 0) is 69.0 Å². The maximum absolute atomic E-state index is 5.85. The van der Waals surface area contributed by atoms with Crippen molar-refractivity contribution < 1.29 is 4.74 Å². The van der Waals surface area contributed by atoms with E-state index in [0.717, 1.165) is 57.6 Å². The summed E-state index contributed by atoms with van der Waals surface area (Å²) in [6.45, 7) is 4.00. The fraction of sp³-hybridized carbons (Fsp3) is 0.429. The van der Waals surface area contributed by atoms with Crippen molar-refractivity contribution in [2.75, 3.05) is 26.8 Å². The van der Waals surface area contributed by atoms with Crippen LogP contribution < -0.4 is 5.73 Å². The SMILES string of the molecule is COCCn1c2ccccc2c2ccnc(CN(CCCCN)C3CCCc4cccnc43)c21. The number of unbranched alkanes of at least 4 members (excludes halogenated alkanes) is 1. The lowest BCUT2D eigenvalue weighted by Crippen LogP contribution is -2.33. The second-order valence-electron chi connectivity index (χ2n) is 9.24. The molecule has 1 aromatic carbocycles. The fourth-order valence-corrected chi connectivity index (χ4v) is 5.54. The zero-order chi connectivity index (χ0) is 23.3. The number of hydrogen-bond acceptors (Lipinski definition) is 5. The molecular weight excluding hydrogens is 422 g/mol. The number of aryl methyl sites for hydroxylation is 1. The van der Waals surface area contributed by atoms with E-state index in [0.29, 0.717) is 12.6 Å². The zero-order valence-corrected chi connectivity index (χ0v) is 20.1. The first kappa shape index (κ1) is 23.0. The average Bonchev–Trinajstić information content (AvgIpc) is 3.21. The Morgan fingerprint density at radius 3 is 2.85 bits per heavy atom. The molecule has 34 heavy (non-hydrogen) atoms. The number of aromatic nitrogens is 3. The van der Waals surface area contributed by atoms with Crippen molar-refractivity contribution in [3.05, 3.63) is 71.8 Å². The van der Waals surface area contributed by atoms with Gasteiger partial charge in [0, 0.05) is 48.9 Å². The number of nitrogens with zero attached hydrogens (tertiary/aromatic N) is 4. The highest BCUT2D eigenvalue weighted by Gasteiger charge is 2.28. The number of para-hydroxylation sites is 1. The second kappa shape index (κ2) is 10.6. The molecule has 0 fully saturated rings. The van der Waals surface area contributed by atoms with E-state index in [4.69, 9.17) is 20.4 Å². The molecule has 0 saturated heterocycles. The van der Waals surface area contributed by atoms with Gasteiger partial charge in [-0.25, -0.2) is 0 Å². The van der Waals surface area contributed by atoms with Crippen LogP contribution in [0.5, 0.6) is 0 Å². The van der Waals surface area contributed by atoms with E-state index < -0.39 is 0 Å². The third-order valence-electron chi connectivity index (χ3n) is 7.13. The van der Waals surface area contributed by atoms with Crippen LogP contribution in [-0.2, 0) is 24.2 Å². The number of benzene rings is 1. The number of nitrogens with two attached hydrogens (primary N) is 1. The van der Waals surface area contributed by atoms with E-state index >= 15 is 0 Å². The third-order valence-corrected chi connectivity index (χ3v) is 7.13. The van der Waals surface area contributed by atoms with Crippen molar-refractivity contribution in [2.24, 2.45) is 5.73 Å². The van der Waals surface area contributed by atoms with Crippen LogP contribution >= 0.6 is 0 Å². The maximum atomic E-state index is 5.85. The maximum Gasteiger partial charge on any atom is 0.0787 e. The summed E-state index contributed by atoms with van der Waals surface area (Å²) in [4.78, 5) is 12.4. The van der Waals surface area contributed by atoms with Crippen LogP contribution in [0.2, 0.25) is 0 Å². The van der Waals surface area contributed by atoms with Gasteiger partial charge in [-0.3, -0.25) is 14.9 Å². The van der Waals surface area contributed by atoms with Gasteiger partial charge >= 0.3 is 0 Å². The molecule has 1 unspecified atom stereocenters. The molecule has 3 aromatic heterocycles. The van der Waals surface area contributed by atoms with Crippen LogP contribution in [0.4, 0.5) is 0 Å². The number of pyridine rings is 2. The van der Waals surface area contributed by atoms with Gasteiger partial charge in [0.25, 0.3) is 0 Å². The molecule has 0 bridgehead atoms. The molecule has 2 N–H and O–H groups in total. The minimum atomic E-state index is 0.316. The molecule has 0 spiro atoms. The quantitative estimate of drug-likeness (QED) is 0.345. The van der Waals surface area contributed by atoms with E-state index in [2.05, 4.69) is 51.9 Å². The molecular formula is C28H35N5O. The molecule has 178 valence electrons. The molecule has 1 atom stereocenters. The monoisotopic (exact) mass is 457 g/mol. The summed E-state index contributed by atoms with van der Waals surface area (Å²) in [5, 5.41) is 2.54. The summed E-state index contributed by atoms with van der Waals surface area (Å²) in [6.07, 6.45) is 9.47. The van der Waals surface area contributed by atoms with E-state index in [9.17, 15) is 0 Å². The highest BCUT2D eigenvalue weighted by atomic mass is 16.5. The van der Waals surface area contributed by atoms with Crippen molar-refractivity contribution in [2.45, 2.75) is 51.2 Å². The number of methoxy groups -OCH3 is 1. The third kappa shape index (κ3) is 4.45. The van der Waals surface area contributed by atoms with Gasteiger partial charge in [0.2, 0.25) is 0 Å². The van der Waals surface area contributed by atoms with Crippen LogP contribution in [0, 0.1) is 0 Å². The highest BCUT2D eigenvalue weighted by molar-refractivity contribution is 6.08. The molecule has 0 aliphatic heterocycles. The molecule has 1 aliphatic carbocycles. The van der Waals surface area contributed by atoms with Crippen LogP contribution in [0.15, 0.2) is 54.9 Å². The highest BCUT2D eigenvalue weighted by Crippen LogP contribution is 2.36. The minimum Gasteiger partial charge on any atom is -0.383 e. The van der Waals surface area contributed by atoms with E-state index in [1.165, 1.54) is 39.5 Å². The largest absolute Gasteiger partial charge is 0.383 e. The molecule has 3 heterocycles. The van der Waals surface area contributed by atoms with Crippen molar-refractivity contribution in [1.29, 1.82) is 0 Å². The van der Waals surface area contributed by atoms with Crippen LogP contribution in [-0.4, -0.2) is 46.2 Å². The fourth-order valence-electron chi connectivity index (χ4n) is 5.54. The standard InChI is InChI=1S/C28H35N5O/c1-34-19-18-33-25-11-3-2-10-22(25)23-13-16-30-24(28(23)33)20-32(17-5-4-14-29)26-12-6-8-21-9-7-15-31-27(21)26/h2-3,7,9-11,13,15-16,26H,4-6,8,12,14,17-20,29H2,1H3. The van der Waals surface area contributed by atoms with E-state index in [1.807, 2.05) is 12.4 Å². The summed E-state index contributed by atoms with van der Waals surface area (Å²) in [6, 6.07) is 15.4. The van der Waals surface area contributed by atoms with E-state index in [-0.39, 0.29) is 0 Å². The second-order valence-corrected chi connectivity index (χ2v) is 9.24. The lowest BCUT2D eigenvalue weighted by molar-refractivity contribution is 0.161. The Labute approximate surface area is 201 Å². The Balaban J connectivity index is 1.57. The lowest BCUT2D eigenvalue weighted by atomic mass is 9.90. The first-order chi connectivity index (χ1) is 16.8. The molecule has 6 heteroatoms. The normalized spacial score (nSPS) is 15.9. The Kier molecular flexibility index (Phi) is 7.19. The molecule has 0 radical (unpaired) electrons. The minimum absolute atomic E-state index is 0.316. The van der Waals surface area contributed by atoms with Crippen molar-refractivity contribution in [3.63, 3.8) is 0 Å². The summed E-state index contributed by atoms with van der Waals surface area (Å²) >= 11 is 0. The molecule has 0 saturated carbocycles. The Morgan fingerprint density at radius 1 is 1.06 bits per heavy atom. The van der Waals surface area contributed by atoms with Gasteiger partial charge in [0.1, 0.15) is 0 Å². The van der Waals surface area contributed by atoms with Gasteiger partial charge in [-0.1, -0.05) is 24.3 Å². The Bertz CT molecular complexity index is 1250. The summed E-state index contributed by atoms with van der Waals surface area (Å²) < 4.78 is 7.85. The molecule has 0 amide bonds. The first-order valence-corrected chi connectivity index (χ1v) is 12.5. The van der Waals surface area contributed by atoms with Crippen LogP contribution in [0.25, 0.3) is 21.8 Å². The first-order valence-electron chi connectivity index (χ1n) is 12.5. The van der Waals surface area contributed by atoms with E-state index in [1.54, 1.807) is 7.11 Å². The van der Waals surface area contributed by atoms with Gasteiger partial charge in [-0.2, -0.15) is 0 Å².